The third-order valence-corrected chi connectivity index (χ3v) is 5.75. The van der Waals surface area contributed by atoms with Crippen LogP contribution in [0.4, 0.5) is 9.80 Å². The summed E-state index contributed by atoms with van der Waals surface area (Å²) in [5.74, 6) is 0. The van der Waals surface area contributed by atoms with E-state index in [1.165, 1.54) is 5.00 Å². The highest BCUT2D eigenvalue weighted by atomic mass is 32.1. The number of carbonyl (C=O) groups excluding carboxylic acids is 1. The summed E-state index contributed by atoms with van der Waals surface area (Å²) in [5, 5.41) is 9.70. The first-order valence-electron chi connectivity index (χ1n) is 8.73. The van der Waals surface area contributed by atoms with Crippen molar-refractivity contribution >= 4 is 22.4 Å². The van der Waals surface area contributed by atoms with Crippen LogP contribution in [-0.2, 0) is 4.74 Å². The van der Waals surface area contributed by atoms with Crippen LogP contribution in [-0.4, -0.2) is 43.9 Å². The normalized spacial score (nSPS) is 23.7. The van der Waals surface area contributed by atoms with Crippen molar-refractivity contribution in [3.8, 4) is 0 Å². The summed E-state index contributed by atoms with van der Waals surface area (Å²) in [4.78, 5) is 14.7. The van der Waals surface area contributed by atoms with Gasteiger partial charge < -0.3 is 20.3 Å². The molecule has 1 aromatic heterocycles. The van der Waals surface area contributed by atoms with Gasteiger partial charge in [-0.05, 0) is 49.6 Å². The minimum absolute atomic E-state index is 0.0399. The quantitative estimate of drug-likeness (QED) is 0.868. The molecule has 3 heterocycles. The standard InChI is InChI=1S/C17H27N3O2S/c1-2-14(15-5-3-11-22-15)19-17(21)18-13-7-9-20(10-8-13)16-6-4-12-23-16/h4,6,12-15H,2-3,5,7-11H2,1H3,(H2,18,19,21)/t14-,15-/m0/s1. The van der Waals surface area contributed by atoms with Gasteiger partial charge in [0.1, 0.15) is 0 Å². The first-order chi connectivity index (χ1) is 11.3. The van der Waals surface area contributed by atoms with Gasteiger partial charge in [-0.15, -0.1) is 11.3 Å². The SMILES string of the molecule is CC[C@H](NC(=O)NC1CCN(c2cccs2)CC1)[C@@H]1CCCO1. The lowest BCUT2D eigenvalue weighted by Crippen LogP contribution is -2.52. The zero-order valence-corrected chi connectivity index (χ0v) is 14.6. The Labute approximate surface area is 142 Å². The average Bonchev–Trinajstić information content (AvgIpc) is 3.26. The molecule has 0 aromatic carbocycles. The average molecular weight is 337 g/mol. The van der Waals surface area contributed by atoms with Crippen molar-refractivity contribution in [2.24, 2.45) is 0 Å². The third kappa shape index (κ3) is 4.38. The van der Waals surface area contributed by atoms with E-state index < -0.39 is 0 Å². The molecule has 0 spiro atoms. The Hall–Kier alpha value is -1.27. The second-order valence-corrected chi connectivity index (χ2v) is 7.32. The van der Waals surface area contributed by atoms with Crippen LogP contribution in [0.5, 0.6) is 0 Å². The maximum atomic E-state index is 12.3. The molecule has 2 atom stereocenters. The molecule has 2 N–H and O–H groups in total. The van der Waals surface area contributed by atoms with Crippen LogP contribution in [0.1, 0.15) is 39.0 Å². The lowest BCUT2D eigenvalue weighted by molar-refractivity contribution is 0.0794. The van der Waals surface area contributed by atoms with E-state index in [0.717, 1.165) is 51.8 Å². The molecule has 6 heteroatoms. The van der Waals surface area contributed by atoms with E-state index in [2.05, 4.69) is 40.0 Å². The summed E-state index contributed by atoms with van der Waals surface area (Å²) in [6, 6.07) is 4.62. The molecule has 0 aliphatic carbocycles. The topological polar surface area (TPSA) is 53.6 Å². The Bertz CT molecular complexity index is 480. The van der Waals surface area contributed by atoms with Crippen molar-refractivity contribution in [1.82, 2.24) is 10.6 Å². The van der Waals surface area contributed by atoms with Crippen LogP contribution in [0.2, 0.25) is 0 Å². The van der Waals surface area contributed by atoms with Crippen LogP contribution < -0.4 is 15.5 Å². The van der Waals surface area contributed by atoms with Crippen LogP contribution in [0.3, 0.4) is 0 Å². The molecule has 0 saturated carbocycles. The summed E-state index contributed by atoms with van der Waals surface area (Å²) in [6.45, 7) is 4.95. The van der Waals surface area contributed by atoms with Gasteiger partial charge in [-0.3, -0.25) is 0 Å². The second kappa shape index (κ2) is 8.02. The largest absolute Gasteiger partial charge is 0.376 e. The van der Waals surface area contributed by atoms with Crippen molar-refractivity contribution in [3.05, 3.63) is 17.5 Å². The highest BCUT2D eigenvalue weighted by Gasteiger charge is 2.27. The van der Waals surface area contributed by atoms with Crippen molar-refractivity contribution in [1.29, 1.82) is 0 Å². The fraction of sp³-hybridized carbons (Fsp3) is 0.706. The van der Waals surface area contributed by atoms with Gasteiger partial charge in [-0.1, -0.05) is 6.92 Å². The number of thiophene rings is 1. The number of amides is 2. The second-order valence-electron chi connectivity index (χ2n) is 6.40. The monoisotopic (exact) mass is 337 g/mol. The molecule has 2 amide bonds. The zero-order valence-electron chi connectivity index (χ0n) is 13.8. The van der Waals surface area contributed by atoms with Crippen LogP contribution in [0.15, 0.2) is 17.5 Å². The molecule has 0 unspecified atom stereocenters. The minimum atomic E-state index is -0.0399. The van der Waals surface area contributed by atoms with Crippen molar-refractivity contribution in [2.75, 3.05) is 24.6 Å². The fourth-order valence-corrected chi connectivity index (χ4v) is 4.25. The van der Waals surface area contributed by atoms with Crippen molar-refractivity contribution in [2.45, 2.75) is 57.2 Å². The van der Waals surface area contributed by atoms with Gasteiger partial charge in [0.15, 0.2) is 0 Å². The van der Waals surface area contributed by atoms with Gasteiger partial charge in [0.2, 0.25) is 0 Å². The number of urea groups is 1. The van der Waals surface area contributed by atoms with Gasteiger partial charge >= 0.3 is 6.03 Å². The van der Waals surface area contributed by atoms with Crippen LogP contribution in [0, 0.1) is 0 Å². The van der Waals surface area contributed by atoms with Gasteiger partial charge in [0.25, 0.3) is 0 Å². The molecule has 128 valence electrons. The Morgan fingerprint density at radius 2 is 2.26 bits per heavy atom. The first kappa shape index (κ1) is 16.6. The number of carbonyl (C=O) groups is 1. The van der Waals surface area contributed by atoms with E-state index in [4.69, 9.17) is 4.74 Å². The molecule has 2 saturated heterocycles. The number of rotatable bonds is 5. The smallest absolute Gasteiger partial charge is 0.315 e. The van der Waals surface area contributed by atoms with Crippen LogP contribution >= 0.6 is 11.3 Å². The van der Waals surface area contributed by atoms with E-state index >= 15 is 0 Å². The highest BCUT2D eigenvalue weighted by Crippen LogP contribution is 2.24. The molecule has 2 aliphatic heterocycles. The molecule has 1 aromatic rings. The van der Waals surface area contributed by atoms with E-state index in [0.29, 0.717) is 0 Å². The zero-order chi connectivity index (χ0) is 16.1. The molecular formula is C17H27N3O2S. The number of ether oxygens (including phenoxy) is 1. The molecule has 2 fully saturated rings. The Balaban J connectivity index is 1.42. The van der Waals surface area contributed by atoms with Gasteiger partial charge in [0.05, 0.1) is 17.1 Å². The maximum Gasteiger partial charge on any atom is 0.315 e. The van der Waals surface area contributed by atoms with Gasteiger partial charge in [0, 0.05) is 25.7 Å². The summed E-state index contributed by atoms with van der Waals surface area (Å²) < 4.78 is 5.70. The number of nitrogens with zero attached hydrogens (tertiary/aromatic N) is 1. The van der Waals surface area contributed by atoms with E-state index in [9.17, 15) is 4.79 Å². The Kier molecular flexibility index (Phi) is 5.78. The summed E-state index contributed by atoms with van der Waals surface area (Å²) in [6.07, 6.45) is 5.26. The first-order valence-corrected chi connectivity index (χ1v) is 9.61. The van der Waals surface area contributed by atoms with E-state index in [1.807, 2.05) is 0 Å². The van der Waals surface area contributed by atoms with E-state index in [-0.39, 0.29) is 24.2 Å². The predicted octanol–water partition coefficient (Wildman–Crippen LogP) is 2.97. The molecule has 2 aliphatic rings. The van der Waals surface area contributed by atoms with Crippen molar-refractivity contribution in [3.63, 3.8) is 0 Å². The van der Waals surface area contributed by atoms with Gasteiger partial charge in [-0.25, -0.2) is 4.79 Å². The summed E-state index contributed by atoms with van der Waals surface area (Å²) >= 11 is 1.78. The highest BCUT2D eigenvalue weighted by molar-refractivity contribution is 7.14. The van der Waals surface area contributed by atoms with Crippen LogP contribution in [0.25, 0.3) is 0 Å². The number of piperidine rings is 1. The fourth-order valence-electron chi connectivity index (χ4n) is 3.47. The Morgan fingerprint density at radius 3 is 2.87 bits per heavy atom. The molecule has 5 nitrogen and oxygen atoms in total. The molecular weight excluding hydrogens is 310 g/mol. The number of hydrogen-bond donors (Lipinski definition) is 2. The third-order valence-electron chi connectivity index (χ3n) is 4.82. The Morgan fingerprint density at radius 1 is 1.43 bits per heavy atom. The lowest BCUT2D eigenvalue weighted by Gasteiger charge is -2.33. The van der Waals surface area contributed by atoms with Gasteiger partial charge in [-0.2, -0.15) is 0 Å². The summed E-state index contributed by atoms with van der Waals surface area (Å²) in [7, 11) is 0. The van der Waals surface area contributed by atoms with Crippen molar-refractivity contribution < 1.29 is 9.53 Å². The maximum absolute atomic E-state index is 12.3. The molecule has 3 rings (SSSR count). The molecule has 0 bridgehead atoms. The lowest BCUT2D eigenvalue weighted by atomic mass is 10.0. The predicted molar refractivity (Wildman–Crippen MR) is 94.3 cm³/mol. The summed E-state index contributed by atoms with van der Waals surface area (Å²) in [5.41, 5.74) is 0. The minimum Gasteiger partial charge on any atom is -0.376 e. The molecule has 0 radical (unpaired) electrons. The number of hydrogen-bond acceptors (Lipinski definition) is 4. The number of anilines is 1. The molecule has 23 heavy (non-hydrogen) atoms. The number of nitrogens with one attached hydrogen (secondary N) is 2. The van der Waals surface area contributed by atoms with E-state index in [1.54, 1.807) is 11.3 Å².